The maximum absolute atomic E-state index is 10.1. The van der Waals surface area contributed by atoms with E-state index in [9.17, 15) is 9.90 Å². The van der Waals surface area contributed by atoms with E-state index in [-0.39, 0.29) is 5.57 Å². The molecule has 0 amide bonds. The molecule has 1 unspecified atom stereocenters. The lowest BCUT2D eigenvalue weighted by atomic mass is 10.2. The molecule has 84 valence electrons. The Bertz CT molecular complexity index is 185. The van der Waals surface area contributed by atoms with Crippen molar-refractivity contribution >= 4 is 5.97 Å². The zero-order chi connectivity index (χ0) is 11.7. The number of nitrogens with one attached hydrogen (secondary N) is 1. The Morgan fingerprint density at radius 2 is 1.86 bits per heavy atom. The van der Waals surface area contributed by atoms with Crippen molar-refractivity contribution in [3.63, 3.8) is 0 Å². The minimum absolute atomic E-state index is 0.0781. The van der Waals surface area contributed by atoms with Gasteiger partial charge in [0.2, 0.25) is 0 Å². The summed E-state index contributed by atoms with van der Waals surface area (Å²) < 4.78 is 0. The predicted octanol–water partition coefficient (Wildman–Crippen LogP) is -1.79. The molecule has 0 saturated carbocycles. The first-order chi connectivity index (χ1) is 6.31. The van der Waals surface area contributed by atoms with Gasteiger partial charge >= 0.3 is 0 Å². The van der Waals surface area contributed by atoms with Gasteiger partial charge in [0.05, 0.1) is 33.2 Å². The Labute approximate surface area is 85.8 Å². The number of quaternary nitrogens is 1. The smallest absolute Gasteiger partial charge is 0.0724 e. The van der Waals surface area contributed by atoms with Crippen molar-refractivity contribution in [3.05, 3.63) is 11.6 Å². The van der Waals surface area contributed by atoms with Crippen LogP contribution in [0.2, 0.25) is 0 Å². The molecule has 0 aromatic carbocycles. The Balaban J connectivity index is 0. The summed E-state index contributed by atoms with van der Waals surface area (Å²) in [5.74, 6) is -1.23. The van der Waals surface area contributed by atoms with E-state index < -0.39 is 12.1 Å². The molecule has 0 rings (SSSR count). The summed E-state index contributed by atoms with van der Waals surface area (Å²) >= 11 is 0. The highest BCUT2D eigenvalue weighted by atomic mass is 16.4. The van der Waals surface area contributed by atoms with E-state index in [2.05, 4.69) is 21.1 Å². The van der Waals surface area contributed by atoms with Crippen molar-refractivity contribution in [1.29, 1.82) is 0 Å². The van der Waals surface area contributed by atoms with Crippen molar-refractivity contribution in [1.82, 2.24) is 0 Å². The molecular formula is C10H21NO3. The molecule has 4 heteroatoms. The third kappa shape index (κ3) is 13.7. The second-order valence-corrected chi connectivity index (χ2v) is 3.61. The van der Waals surface area contributed by atoms with Crippen LogP contribution >= 0.6 is 0 Å². The molecule has 0 aliphatic carbocycles. The lowest BCUT2D eigenvalue weighted by Gasteiger charge is -2.04. The fraction of sp³-hybridized carbons (Fsp3) is 0.700. The molecule has 0 saturated heterocycles. The van der Waals surface area contributed by atoms with Crippen LogP contribution in [0.25, 0.3) is 0 Å². The summed E-state index contributed by atoms with van der Waals surface area (Å²) in [7, 11) is 6.25. The van der Waals surface area contributed by atoms with E-state index in [4.69, 9.17) is 5.11 Å². The number of carbonyl (C=O) groups is 1. The quantitative estimate of drug-likeness (QED) is 0.533. The van der Waals surface area contributed by atoms with Gasteiger partial charge in [-0.25, -0.2) is 0 Å². The van der Waals surface area contributed by atoms with Crippen LogP contribution in [0.4, 0.5) is 0 Å². The van der Waals surface area contributed by atoms with Crippen molar-refractivity contribution in [2.24, 2.45) is 0 Å². The van der Waals surface area contributed by atoms with Gasteiger partial charge in [-0.15, -0.1) is 0 Å². The molecular weight excluding hydrogens is 182 g/mol. The molecule has 0 spiro atoms. The van der Waals surface area contributed by atoms with Crippen LogP contribution in [-0.2, 0) is 4.79 Å². The number of aliphatic hydroxyl groups is 1. The fourth-order valence-electron chi connectivity index (χ4n) is 0.474. The number of carbonyl (C=O) groups excluding carboxylic acids is 1. The van der Waals surface area contributed by atoms with E-state index in [0.717, 1.165) is 0 Å². The number of carboxylic acids is 1. The van der Waals surface area contributed by atoms with Crippen LogP contribution in [0.1, 0.15) is 20.3 Å². The number of hydrogen-bond acceptors (Lipinski definition) is 3. The average Bonchev–Trinajstić information content (AvgIpc) is 2.02. The van der Waals surface area contributed by atoms with Crippen LogP contribution < -0.4 is 10.0 Å². The van der Waals surface area contributed by atoms with Crippen LogP contribution in [0.15, 0.2) is 11.6 Å². The van der Waals surface area contributed by atoms with E-state index in [1.165, 1.54) is 17.9 Å². The van der Waals surface area contributed by atoms with Crippen LogP contribution in [0.3, 0.4) is 0 Å². The zero-order valence-electron chi connectivity index (χ0n) is 9.63. The van der Waals surface area contributed by atoms with Crippen molar-refractivity contribution in [2.45, 2.75) is 26.4 Å². The number of carboxylic acid groups (broad SMARTS) is 1. The standard InChI is InChI=1S/C7H12O3.C3H9N/c1-3-6(8)4-5(2)7(9)10;1-4(2)3/h4,6,8H,3H2,1-2H3,(H,9,10);1-3H3/b5-4-;. The first-order valence-corrected chi connectivity index (χ1v) is 4.65. The highest BCUT2D eigenvalue weighted by molar-refractivity contribution is 5.83. The molecule has 0 fully saturated rings. The average molecular weight is 203 g/mol. The van der Waals surface area contributed by atoms with Gasteiger partial charge in [0, 0.05) is 0 Å². The second-order valence-electron chi connectivity index (χ2n) is 3.61. The summed E-state index contributed by atoms with van der Waals surface area (Å²) in [6.45, 7) is 3.16. The second kappa shape index (κ2) is 8.72. The fourth-order valence-corrected chi connectivity index (χ4v) is 0.474. The lowest BCUT2D eigenvalue weighted by Crippen LogP contribution is -3.02. The van der Waals surface area contributed by atoms with Gasteiger partial charge in [0.15, 0.2) is 0 Å². The molecule has 0 aromatic rings. The van der Waals surface area contributed by atoms with Gasteiger partial charge in [0.25, 0.3) is 0 Å². The van der Waals surface area contributed by atoms with Crippen molar-refractivity contribution in [3.8, 4) is 0 Å². The summed E-state index contributed by atoms with van der Waals surface area (Å²) in [4.78, 5) is 11.5. The van der Waals surface area contributed by atoms with Crippen LogP contribution in [-0.4, -0.2) is 38.3 Å². The Hall–Kier alpha value is -0.870. The topological polar surface area (TPSA) is 64.8 Å². The van der Waals surface area contributed by atoms with Gasteiger partial charge in [-0.05, 0) is 18.9 Å². The minimum Gasteiger partial charge on any atom is -0.545 e. The highest BCUT2D eigenvalue weighted by Gasteiger charge is 1.96. The molecule has 0 aliphatic heterocycles. The third-order valence-electron chi connectivity index (χ3n) is 1.18. The number of hydrogen-bond donors (Lipinski definition) is 2. The Kier molecular flexibility index (Phi) is 9.71. The van der Waals surface area contributed by atoms with E-state index in [1.807, 2.05) is 0 Å². The van der Waals surface area contributed by atoms with Gasteiger partial charge < -0.3 is 19.9 Å². The molecule has 2 N–H and O–H groups in total. The van der Waals surface area contributed by atoms with Crippen LogP contribution in [0.5, 0.6) is 0 Å². The third-order valence-corrected chi connectivity index (χ3v) is 1.18. The van der Waals surface area contributed by atoms with Crippen molar-refractivity contribution < 1.29 is 19.9 Å². The van der Waals surface area contributed by atoms with Gasteiger partial charge in [-0.3, -0.25) is 0 Å². The van der Waals surface area contributed by atoms with E-state index in [1.54, 1.807) is 6.92 Å². The Morgan fingerprint density at radius 3 is 2.07 bits per heavy atom. The first-order valence-electron chi connectivity index (χ1n) is 4.65. The van der Waals surface area contributed by atoms with Gasteiger partial charge in [-0.1, -0.05) is 13.0 Å². The SMILES string of the molecule is CCC(O)/C=C(/C)C(=O)[O-].C[NH+](C)C. The summed E-state index contributed by atoms with van der Waals surface area (Å²) in [6.07, 6.45) is 1.12. The van der Waals surface area contributed by atoms with E-state index >= 15 is 0 Å². The van der Waals surface area contributed by atoms with Gasteiger partial charge in [-0.2, -0.15) is 0 Å². The molecule has 4 nitrogen and oxygen atoms in total. The normalized spacial score (nSPS) is 13.2. The zero-order valence-corrected chi connectivity index (χ0v) is 9.63. The molecule has 0 aliphatic rings. The Morgan fingerprint density at radius 1 is 1.50 bits per heavy atom. The van der Waals surface area contributed by atoms with Crippen LogP contribution in [0, 0.1) is 0 Å². The summed E-state index contributed by atoms with van der Waals surface area (Å²) in [5.41, 5.74) is 0.0781. The largest absolute Gasteiger partial charge is 0.545 e. The monoisotopic (exact) mass is 203 g/mol. The lowest BCUT2D eigenvalue weighted by molar-refractivity contribution is -0.836. The molecule has 0 radical (unpaired) electrons. The number of rotatable bonds is 3. The number of aliphatic hydroxyl groups excluding tert-OH is 1. The molecule has 1 atom stereocenters. The maximum atomic E-state index is 10.1. The minimum atomic E-state index is -1.23. The molecule has 0 bridgehead atoms. The molecule has 14 heavy (non-hydrogen) atoms. The summed E-state index contributed by atoms with van der Waals surface area (Å²) in [5, 5.41) is 19.0. The summed E-state index contributed by atoms with van der Waals surface area (Å²) in [6, 6.07) is 0. The molecule has 0 aromatic heterocycles. The maximum Gasteiger partial charge on any atom is 0.0724 e. The predicted molar refractivity (Wildman–Crippen MR) is 53.8 cm³/mol. The first kappa shape index (κ1) is 15.6. The molecule has 0 heterocycles. The van der Waals surface area contributed by atoms with E-state index in [0.29, 0.717) is 6.42 Å². The van der Waals surface area contributed by atoms with Crippen molar-refractivity contribution in [2.75, 3.05) is 21.1 Å². The highest BCUT2D eigenvalue weighted by Crippen LogP contribution is 1.97. The number of aliphatic carboxylic acids is 1. The van der Waals surface area contributed by atoms with Gasteiger partial charge in [0.1, 0.15) is 0 Å².